The Hall–Kier alpha value is -2.82. The van der Waals surface area contributed by atoms with Crippen LogP contribution in [0.2, 0.25) is 0 Å². The molecule has 0 saturated carbocycles. The Morgan fingerprint density at radius 3 is 2.10 bits per heavy atom. The van der Waals surface area contributed by atoms with Crippen LogP contribution in [0.4, 0.5) is 0 Å². The van der Waals surface area contributed by atoms with Gasteiger partial charge in [0, 0.05) is 17.6 Å². The van der Waals surface area contributed by atoms with Crippen molar-refractivity contribution < 1.29 is 14.6 Å². The molecule has 0 spiro atoms. The highest BCUT2D eigenvalue weighted by molar-refractivity contribution is 5.53. The summed E-state index contributed by atoms with van der Waals surface area (Å²) in [5.74, 6) is 1.47. The van der Waals surface area contributed by atoms with Crippen molar-refractivity contribution in [1.82, 2.24) is 5.32 Å². The summed E-state index contributed by atoms with van der Waals surface area (Å²) < 4.78 is 12.5. The number of benzene rings is 3. The third kappa shape index (κ3) is 5.27. The van der Waals surface area contributed by atoms with Crippen molar-refractivity contribution in [3.05, 3.63) is 95.1 Å². The second-order valence-electron chi connectivity index (χ2n) is 8.42. The Morgan fingerprint density at radius 1 is 0.871 bits per heavy atom. The summed E-state index contributed by atoms with van der Waals surface area (Å²) in [6.07, 6.45) is 1.13. The second kappa shape index (κ2) is 9.99. The van der Waals surface area contributed by atoms with Gasteiger partial charge in [0.1, 0.15) is 13.2 Å². The number of nitrogens with one attached hydrogen (secondary N) is 1. The Bertz CT molecular complexity index is 973. The van der Waals surface area contributed by atoms with Crippen LogP contribution in [-0.4, -0.2) is 17.2 Å². The zero-order valence-corrected chi connectivity index (χ0v) is 18.3. The van der Waals surface area contributed by atoms with Gasteiger partial charge < -0.3 is 19.9 Å². The molecule has 0 bridgehead atoms. The lowest BCUT2D eigenvalue weighted by molar-refractivity contribution is 0.109. The van der Waals surface area contributed by atoms with Gasteiger partial charge in [0.25, 0.3) is 0 Å². The largest absolute Gasteiger partial charge is 0.485 e. The van der Waals surface area contributed by atoms with E-state index in [4.69, 9.17) is 9.47 Å². The van der Waals surface area contributed by atoms with Crippen molar-refractivity contribution in [2.75, 3.05) is 0 Å². The highest BCUT2D eigenvalue weighted by Gasteiger charge is 2.31. The minimum atomic E-state index is -0.562. The summed E-state index contributed by atoms with van der Waals surface area (Å²) in [6, 6.07) is 24.5. The molecule has 0 fully saturated rings. The Balaban J connectivity index is 1.61. The first kappa shape index (κ1) is 21.4. The third-order valence-electron chi connectivity index (χ3n) is 5.68. The molecule has 0 aliphatic heterocycles. The van der Waals surface area contributed by atoms with Crippen LogP contribution >= 0.6 is 0 Å². The molecule has 0 aromatic heterocycles. The van der Waals surface area contributed by atoms with Crippen LogP contribution in [0.25, 0.3) is 0 Å². The average Bonchev–Trinajstić information content (AvgIpc) is 2.79. The molecule has 3 aromatic carbocycles. The molecule has 4 heteroatoms. The van der Waals surface area contributed by atoms with Crippen molar-refractivity contribution in [2.45, 2.75) is 58.1 Å². The summed E-state index contributed by atoms with van der Waals surface area (Å²) in [5, 5.41) is 14.5. The van der Waals surface area contributed by atoms with Crippen LogP contribution in [0.5, 0.6) is 11.5 Å². The van der Waals surface area contributed by atoms with Gasteiger partial charge in [-0.2, -0.15) is 0 Å². The predicted octanol–water partition coefficient (Wildman–Crippen LogP) is 5.19. The number of fused-ring (bicyclic) bond motifs is 1. The van der Waals surface area contributed by atoms with Crippen molar-refractivity contribution in [2.24, 2.45) is 0 Å². The molecule has 0 radical (unpaired) electrons. The van der Waals surface area contributed by atoms with E-state index in [9.17, 15) is 5.11 Å². The number of hydrogen-bond acceptors (Lipinski definition) is 4. The summed E-state index contributed by atoms with van der Waals surface area (Å²) in [6.45, 7) is 5.15. The fraction of sp³-hybridized carbons (Fsp3) is 0.333. The van der Waals surface area contributed by atoms with E-state index in [1.54, 1.807) is 0 Å². The summed E-state index contributed by atoms with van der Waals surface area (Å²) in [7, 11) is 0. The predicted molar refractivity (Wildman–Crippen MR) is 123 cm³/mol. The van der Waals surface area contributed by atoms with E-state index in [-0.39, 0.29) is 6.04 Å². The standard InChI is InChI=1S/C27H31NO3/c1-19(2)28-24-15-13-23-22(26(24)29)14-16-25(30-17-20-9-5-3-6-10-20)27(23)31-18-21-11-7-4-8-12-21/h3-12,14,16,19,24,26,28-29H,13,15,17-18H2,1-2H3/t24-,26+/m0/s1. The monoisotopic (exact) mass is 417 g/mol. The van der Waals surface area contributed by atoms with Gasteiger partial charge in [0.15, 0.2) is 11.5 Å². The highest BCUT2D eigenvalue weighted by atomic mass is 16.5. The lowest BCUT2D eigenvalue weighted by Crippen LogP contribution is -2.42. The normalized spacial score (nSPS) is 17.9. The topological polar surface area (TPSA) is 50.7 Å². The van der Waals surface area contributed by atoms with Gasteiger partial charge >= 0.3 is 0 Å². The molecule has 2 N–H and O–H groups in total. The lowest BCUT2D eigenvalue weighted by Gasteiger charge is -2.33. The first-order valence-corrected chi connectivity index (χ1v) is 11.0. The van der Waals surface area contributed by atoms with Crippen LogP contribution in [0.3, 0.4) is 0 Å². The van der Waals surface area contributed by atoms with E-state index in [2.05, 4.69) is 43.4 Å². The molecule has 0 unspecified atom stereocenters. The smallest absolute Gasteiger partial charge is 0.165 e. The molecule has 0 saturated heterocycles. The van der Waals surface area contributed by atoms with Gasteiger partial charge in [-0.1, -0.05) is 80.6 Å². The summed E-state index contributed by atoms with van der Waals surface area (Å²) in [4.78, 5) is 0. The molecule has 162 valence electrons. The maximum Gasteiger partial charge on any atom is 0.165 e. The maximum atomic E-state index is 11.0. The number of aliphatic hydroxyl groups excluding tert-OH is 1. The van der Waals surface area contributed by atoms with E-state index >= 15 is 0 Å². The molecule has 4 rings (SSSR count). The number of hydrogen-bond donors (Lipinski definition) is 2. The van der Waals surface area contributed by atoms with Crippen molar-refractivity contribution in [3.63, 3.8) is 0 Å². The third-order valence-corrected chi connectivity index (χ3v) is 5.68. The highest BCUT2D eigenvalue weighted by Crippen LogP contribution is 2.42. The zero-order chi connectivity index (χ0) is 21.6. The van der Waals surface area contributed by atoms with Gasteiger partial charge in [-0.3, -0.25) is 0 Å². The quantitative estimate of drug-likeness (QED) is 0.530. The van der Waals surface area contributed by atoms with Gasteiger partial charge in [0.05, 0.1) is 6.10 Å². The second-order valence-corrected chi connectivity index (χ2v) is 8.42. The summed E-state index contributed by atoms with van der Waals surface area (Å²) >= 11 is 0. The van der Waals surface area contributed by atoms with Crippen LogP contribution in [0.1, 0.15) is 48.6 Å². The molecule has 1 aliphatic carbocycles. The van der Waals surface area contributed by atoms with Crippen LogP contribution in [0, 0.1) is 0 Å². The van der Waals surface area contributed by atoms with Crippen LogP contribution < -0.4 is 14.8 Å². The maximum absolute atomic E-state index is 11.0. The summed E-state index contributed by atoms with van der Waals surface area (Å²) in [5.41, 5.74) is 4.19. The van der Waals surface area contributed by atoms with Crippen molar-refractivity contribution in [1.29, 1.82) is 0 Å². The van der Waals surface area contributed by atoms with Crippen molar-refractivity contribution >= 4 is 0 Å². The van der Waals surface area contributed by atoms with Gasteiger partial charge in [0.2, 0.25) is 0 Å². The van der Waals surface area contributed by atoms with Crippen LogP contribution in [-0.2, 0) is 19.6 Å². The fourth-order valence-corrected chi connectivity index (χ4v) is 4.17. The zero-order valence-electron chi connectivity index (χ0n) is 18.3. The first-order valence-electron chi connectivity index (χ1n) is 11.0. The van der Waals surface area contributed by atoms with Gasteiger partial charge in [-0.25, -0.2) is 0 Å². The van der Waals surface area contributed by atoms with Gasteiger partial charge in [-0.05, 0) is 35.6 Å². The SMILES string of the molecule is CC(C)N[C@H]1CCc2c(ccc(OCc3ccccc3)c2OCc2ccccc2)[C@H]1O. The molecule has 2 atom stereocenters. The number of rotatable bonds is 8. The minimum absolute atomic E-state index is 0.0468. The van der Waals surface area contributed by atoms with E-state index in [1.807, 2.05) is 48.5 Å². The molecule has 3 aromatic rings. The van der Waals surface area contributed by atoms with Crippen molar-refractivity contribution in [3.8, 4) is 11.5 Å². The molecule has 0 amide bonds. The van der Waals surface area contributed by atoms with E-state index in [1.165, 1.54) is 0 Å². The molecule has 4 nitrogen and oxygen atoms in total. The fourth-order valence-electron chi connectivity index (χ4n) is 4.17. The molecular formula is C27H31NO3. The van der Waals surface area contributed by atoms with E-state index in [0.717, 1.165) is 46.6 Å². The molecule has 31 heavy (non-hydrogen) atoms. The van der Waals surface area contributed by atoms with E-state index < -0.39 is 6.10 Å². The first-order chi connectivity index (χ1) is 15.1. The molecule has 0 heterocycles. The molecular weight excluding hydrogens is 386 g/mol. The van der Waals surface area contributed by atoms with Gasteiger partial charge in [-0.15, -0.1) is 0 Å². The Morgan fingerprint density at radius 2 is 1.48 bits per heavy atom. The van der Waals surface area contributed by atoms with Crippen LogP contribution in [0.15, 0.2) is 72.8 Å². The minimum Gasteiger partial charge on any atom is -0.485 e. The Kier molecular flexibility index (Phi) is 6.90. The lowest BCUT2D eigenvalue weighted by atomic mass is 9.84. The number of aliphatic hydroxyl groups is 1. The molecule has 1 aliphatic rings. The number of ether oxygens (including phenoxy) is 2. The Labute approximate surface area is 184 Å². The average molecular weight is 418 g/mol. The van der Waals surface area contributed by atoms with E-state index in [0.29, 0.717) is 19.3 Å².